The molecule has 0 saturated heterocycles. The molecule has 1 heterocycles. The molecule has 0 aliphatic carbocycles. The first kappa shape index (κ1) is 17.5. The van der Waals surface area contributed by atoms with Crippen LogP contribution in [0, 0.1) is 0 Å². The molecule has 0 spiro atoms. The Morgan fingerprint density at radius 2 is 1.76 bits per heavy atom. The molecule has 1 aliphatic heterocycles. The molecule has 0 aromatic heterocycles. The number of halogens is 3. The van der Waals surface area contributed by atoms with E-state index in [-0.39, 0.29) is 31.2 Å². The van der Waals surface area contributed by atoms with Gasteiger partial charge in [-0.2, -0.15) is 13.2 Å². The Hall–Kier alpha value is -2.34. The van der Waals surface area contributed by atoms with E-state index < -0.39 is 12.2 Å². The van der Waals surface area contributed by atoms with Crippen molar-refractivity contribution in [2.75, 3.05) is 11.9 Å². The van der Waals surface area contributed by atoms with Crippen LogP contribution in [0.2, 0.25) is 0 Å². The summed E-state index contributed by atoms with van der Waals surface area (Å²) in [4.78, 5) is 11.8. The van der Waals surface area contributed by atoms with Crippen molar-refractivity contribution < 1.29 is 18.0 Å². The van der Waals surface area contributed by atoms with E-state index in [1.54, 1.807) is 42.5 Å². The second kappa shape index (κ2) is 7.27. The van der Waals surface area contributed by atoms with Crippen LogP contribution in [0.4, 0.5) is 18.9 Å². The average Bonchev–Trinajstić information content (AvgIpc) is 2.58. The van der Waals surface area contributed by atoms with Gasteiger partial charge in [0.15, 0.2) is 0 Å². The fourth-order valence-corrected chi connectivity index (χ4v) is 3.12. The molecule has 0 bridgehead atoms. The van der Waals surface area contributed by atoms with Gasteiger partial charge in [0, 0.05) is 24.6 Å². The lowest BCUT2D eigenvalue weighted by atomic mass is 9.90. The number of carbonyl (C=O) groups is 1. The Balaban J connectivity index is 1.72. The Kier molecular flexibility index (Phi) is 5.08. The van der Waals surface area contributed by atoms with Crippen LogP contribution in [-0.4, -0.2) is 24.7 Å². The number of hydrogen-bond acceptors (Lipinski definition) is 2. The van der Waals surface area contributed by atoms with Crippen molar-refractivity contribution >= 4 is 11.6 Å². The van der Waals surface area contributed by atoms with Gasteiger partial charge >= 0.3 is 6.18 Å². The molecular weight excluding hydrogens is 329 g/mol. The Morgan fingerprint density at radius 3 is 2.48 bits per heavy atom. The lowest BCUT2D eigenvalue weighted by Crippen LogP contribution is -2.46. The van der Waals surface area contributed by atoms with Gasteiger partial charge in [-0.05, 0) is 23.6 Å². The van der Waals surface area contributed by atoms with Crippen LogP contribution < -0.4 is 10.6 Å². The van der Waals surface area contributed by atoms with Gasteiger partial charge in [0.2, 0.25) is 5.91 Å². The first-order valence-corrected chi connectivity index (χ1v) is 8.16. The molecule has 132 valence electrons. The molecular formula is C19H19F3N2O. The summed E-state index contributed by atoms with van der Waals surface area (Å²) in [6, 6.07) is 14.2. The molecule has 1 aliphatic rings. The molecule has 6 heteroatoms. The van der Waals surface area contributed by atoms with Crippen LogP contribution in [-0.2, 0) is 11.2 Å². The molecule has 25 heavy (non-hydrogen) atoms. The zero-order chi connectivity index (χ0) is 17.9. The number of carbonyl (C=O) groups excluding carboxylic acids is 1. The quantitative estimate of drug-likeness (QED) is 0.861. The average molecular weight is 348 g/mol. The smallest absolute Gasteiger partial charge is 0.326 e. The molecule has 2 N–H and O–H groups in total. The molecule has 3 rings (SSSR count). The number of rotatable bonds is 5. The van der Waals surface area contributed by atoms with Crippen LogP contribution in [0.1, 0.15) is 23.5 Å². The van der Waals surface area contributed by atoms with Gasteiger partial charge in [-0.1, -0.05) is 48.5 Å². The minimum absolute atomic E-state index is 0.0987. The van der Waals surface area contributed by atoms with E-state index in [1.807, 2.05) is 12.1 Å². The van der Waals surface area contributed by atoms with Crippen LogP contribution in [0.15, 0.2) is 54.6 Å². The van der Waals surface area contributed by atoms with Crippen LogP contribution >= 0.6 is 0 Å². The van der Waals surface area contributed by atoms with E-state index in [9.17, 15) is 18.0 Å². The van der Waals surface area contributed by atoms with E-state index in [2.05, 4.69) is 10.6 Å². The Bertz CT molecular complexity index is 731. The summed E-state index contributed by atoms with van der Waals surface area (Å²) in [6.45, 7) is 0.0987. The van der Waals surface area contributed by atoms with Gasteiger partial charge in [0.1, 0.15) is 6.04 Å². The van der Waals surface area contributed by atoms with Gasteiger partial charge < -0.3 is 10.6 Å². The number of para-hydroxylation sites is 1. The number of benzene rings is 2. The summed E-state index contributed by atoms with van der Waals surface area (Å²) in [6.07, 6.45) is -4.31. The molecule has 3 nitrogen and oxygen atoms in total. The minimum Gasteiger partial charge on any atom is -0.326 e. The maximum Gasteiger partial charge on any atom is 0.404 e. The number of amides is 1. The molecule has 2 aromatic rings. The Labute approximate surface area is 144 Å². The second-order valence-electron chi connectivity index (χ2n) is 6.23. The molecule has 0 unspecified atom stereocenters. The van der Waals surface area contributed by atoms with Crippen molar-refractivity contribution in [3.63, 3.8) is 0 Å². The molecule has 0 radical (unpaired) electrons. The summed E-state index contributed by atoms with van der Waals surface area (Å²) < 4.78 is 40.2. The van der Waals surface area contributed by atoms with E-state index in [1.165, 1.54) is 0 Å². The third-order valence-electron chi connectivity index (χ3n) is 4.39. The number of fused-ring (bicyclic) bond motifs is 1. The number of nitrogens with one attached hydrogen (secondary N) is 2. The molecule has 2 aromatic carbocycles. The summed E-state index contributed by atoms with van der Waals surface area (Å²) in [5.74, 6) is -0.442. The van der Waals surface area contributed by atoms with Crippen molar-refractivity contribution in [2.45, 2.75) is 31.0 Å². The van der Waals surface area contributed by atoms with Gasteiger partial charge in [0.25, 0.3) is 0 Å². The first-order chi connectivity index (χ1) is 11.9. The highest BCUT2D eigenvalue weighted by Crippen LogP contribution is 2.32. The van der Waals surface area contributed by atoms with E-state index in [0.29, 0.717) is 11.3 Å². The predicted octanol–water partition coefficient (Wildman–Crippen LogP) is 3.88. The van der Waals surface area contributed by atoms with E-state index in [4.69, 9.17) is 0 Å². The molecule has 1 amide bonds. The second-order valence-corrected chi connectivity index (χ2v) is 6.23. The van der Waals surface area contributed by atoms with Crippen molar-refractivity contribution in [2.24, 2.45) is 0 Å². The normalized spacial score (nSPS) is 18.4. The van der Waals surface area contributed by atoms with Crippen LogP contribution in [0.5, 0.6) is 0 Å². The number of alkyl halides is 3. The summed E-state index contributed by atoms with van der Waals surface area (Å²) in [7, 11) is 0. The van der Waals surface area contributed by atoms with Crippen LogP contribution in [0.25, 0.3) is 0 Å². The van der Waals surface area contributed by atoms with Gasteiger partial charge in [-0.25, -0.2) is 0 Å². The topological polar surface area (TPSA) is 41.1 Å². The summed E-state index contributed by atoms with van der Waals surface area (Å²) in [5, 5.41) is 5.39. The number of anilines is 1. The SMILES string of the molecule is O=C1C[C@H](CN[C@H](Cc2ccccc2)C(F)(F)F)c2ccccc2N1. The van der Waals surface area contributed by atoms with Crippen molar-refractivity contribution in [3.05, 3.63) is 65.7 Å². The predicted molar refractivity (Wildman–Crippen MR) is 90.4 cm³/mol. The summed E-state index contributed by atoms with van der Waals surface area (Å²) in [5.41, 5.74) is 2.17. The summed E-state index contributed by atoms with van der Waals surface area (Å²) >= 11 is 0. The molecule has 0 saturated carbocycles. The third-order valence-corrected chi connectivity index (χ3v) is 4.39. The largest absolute Gasteiger partial charge is 0.404 e. The maximum absolute atomic E-state index is 13.4. The highest BCUT2D eigenvalue weighted by Gasteiger charge is 2.40. The van der Waals surface area contributed by atoms with Crippen molar-refractivity contribution in [1.29, 1.82) is 0 Å². The first-order valence-electron chi connectivity index (χ1n) is 8.16. The fraction of sp³-hybridized carbons (Fsp3) is 0.316. The maximum atomic E-state index is 13.4. The lowest BCUT2D eigenvalue weighted by molar-refractivity contribution is -0.155. The van der Waals surface area contributed by atoms with Crippen molar-refractivity contribution in [1.82, 2.24) is 5.32 Å². The highest BCUT2D eigenvalue weighted by atomic mass is 19.4. The number of hydrogen-bond donors (Lipinski definition) is 2. The van der Waals surface area contributed by atoms with E-state index in [0.717, 1.165) is 5.56 Å². The third kappa shape index (κ3) is 4.39. The monoisotopic (exact) mass is 348 g/mol. The minimum atomic E-state index is -4.35. The zero-order valence-electron chi connectivity index (χ0n) is 13.5. The molecule has 0 fully saturated rings. The van der Waals surface area contributed by atoms with Gasteiger partial charge in [-0.3, -0.25) is 4.79 Å². The van der Waals surface area contributed by atoms with Crippen molar-refractivity contribution in [3.8, 4) is 0 Å². The van der Waals surface area contributed by atoms with Gasteiger partial charge in [-0.15, -0.1) is 0 Å². The fourth-order valence-electron chi connectivity index (χ4n) is 3.12. The Morgan fingerprint density at radius 1 is 1.08 bits per heavy atom. The highest BCUT2D eigenvalue weighted by molar-refractivity contribution is 5.94. The lowest BCUT2D eigenvalue weighted by Gasteiger charge is -2.29. The zero-order valence-corrected chi connectivity index (χ0v) is 13.5. The van der Waals surface area contributed by atoms with E-state index >= 15 is 0 Å². The van der Waals surface area contributed by atoms with Crippen LogP contribution in [0.3, 0.4) is 0 Å². The molecule has 2 atom stereocenters. The standard InChI is InChI=1S/C19H19F3N2O/c20-19(21,22)17(10-13-6-2-1-3-7-13)23-12-14-11-18(25)24-16-9-5-4-8-15(14)16/h1-9,14,17,23H,10-12H2,(H,24,25)/t14-,17-/m1/s1. The van der Waals surface area contributed by atoms with Gasteiger partial charge in [0.05, 0.1) is 0 Å².